The first-order valence-corrected chi connectivity index (χ1v) is 9.15. The molecule has 0 N–H and O–H groups in total. The summed E-state index contributed by atoms with van der Waals surface area (Å²) in [4.78, 5) is 4.92. The van der Waals surface area contributed by atoms with Crippen LogP contribution in [0.2, 0.25) is 0 Å². The van der Waals surface area contributed by atoms with Gasteiger partial charge in [-0.15, -0.1) is 10.2 Å². The van der Waals surface area contributed by atoms with Crippen molar-refractivity contribution < 1.29 is 9.15 Å². The van der Waals surface area contributed by atoms with Gasteiger partial charge in [0, 0.05) is 38.1 Å². The van der Waals surface area contributed by atoms with Gasteiger partial charge in [-0.2, -0.15) is 0 Å². The second kappa shape index (κ2) is 7.14. The van der Waals surface area contributed by atoms with Crippen molar-refractivity contribution in [2.45, 2.75) is 38.3 Å². The van der Waals surface area contributed by atoms with Crippen LogP contribution in [-0.4, -0.2) is 53.3 Å². The first kappa shape index (κ1) is 16.5. The average molecular weight is 342 g/mol. The minimum atomic E-state index is 0.391. The Balaban J connectivity index is 1.31. The van der Waals surface area contributed by atoms with Crippen LogP contribution < -0.4 is 4.74 Å². The number of nitrogens with zero attached hydrogens (tertiary/aromatic N) is 4. The number of benzene rings is 1. The smallest absolute Gasteiger partial charge is 0.230 e. The van der Waals surface area contributed by atoms with Crippen molar-refractivity contribution in [1.29, 1.82) is 0 Å². The number of methoxy groups -OCH3 is 1. The number of hydrogen-bond acceptors (Lipinski definition) is 6. The predicted molar refractivity (Wildman–Crippen MR) is 94.5 cm³/mol. The van der Waals surface area contributed by atoms with Crippen LogP contribution in [0.4, 0.5) is 0 Å². The molecule has 2 heterocycles. The Bertz CT molecular complexity index is 705. The fourth-order valence-corrected chi connectivity index (χ4v) is 3.44. The van der Waals surface area contributed by atoms with Gasteiger partial charge in [0.05, 0.1) is 13.7 Å². The molecule has 25 heavy (non-hydrogen) atoms. The number of hydrogen-bond donors (Lipinski definition) is 0. The molecule has 2 aromatic rings. The van der Waals surface area contributed by atoms with Crippen LogP contribution in [0.15, 0.2) is 28.7 Å². The maximum Gasteiger partial charge on any atom is 0.230 e. The molecule has 6 heteroatoms. The quantitative estimate of drug-likeness (QED) is 0.805. The van der Waals surface area contributed by atoms with Crippen molar-refractivity contribution >= 4 is 0 Å². The molecule has 134 valence electrons. The fourth-order valence-electron chi connectivity index (χ4n) is 3.44. The summed E-state index contributed by atoms with van der Waals surface area (Å²) in [6, 6.07) is 8.76. The summed E-state index contributed by atoms with van der Waals surface area (Å²) < 4.78 is 11.1. The monoisotopic (exact) mass is 342 g/mol. The molecule has 0 radical (unpaired) electrons. The summed E-state index contributed by atoms with van der Waals surface area (Å²) in [5.74, 6) is 3.05. The van der Waals surface area contributed by atoms with Gasteiger partial charge in [-0.05, 0) is 37.5 Å². The van der Waals surface area contributed by atoms with E-state index >= 15 is 0 Å². The van der Waals surface area contributed by atoms with E-state index < -0.39 is 0 Å². The van der Waals surface area contributed by atoms with Crippen LogP contribution in [0.25, 0.3) is 0 Å². The van der Waals surface area contributed by atoms with Gasteiger partial charge in [0.1, 0.15) is 5.75 Å². The van der Waals surface area contributed by atoms with E-state index in [4.69, 9.17) is 9.15 Å². The van der Waals surface area contributed by atoms with E-state index in [1.807, 2.05) is 6.07 Å². The van der Waals surface area contributed by atoms with Gasteiger partial charge in [0.25, 0.3) is 0 Å². The van der Waals surface area contributed by atoms with E-state index in [0.29, 0.717) is 12.0 Å². The van der Waals surface area contributed by atoms with Gasteiger partial charge < -0.3 is 9.15 Å². The van der Waals surface area contributed by atoms with Crippen LogP contribution in [0.3, 0.4) is 0 Å². The Morgan fingerprint density at radius 1 is 1.20 bits per heavy atom. The first-order valence-electron chi connectivity index (χ1n) is 9.15. The third-order valence-corrected chi connectivity index (χ3v) is 5.30. The summed E-state index contributed by atoms with van der Waals surface area (Å²) >= 11 is 0. The highest BCUT2D eigenvalue weighted by Crippen LogP contribution is 2.39. The number of ether oxygens (including phenoxy) is 1. The molecular weight excluding hydrogens is 316 g/mol. The second-order valence-corrected chi connectivity index (χ2v) is 7.07. The molecule has 0 bridgehead atoms. The van der Waals surface area contributed by atoms with Crippen LogP contribution in [-0.2, 0) is 6.54 Å². The van der Waals surface area contributed by atoms with E-state index in [2.05, 4.69) is 45.1 Å². The average Bonchev–Trinajstić information content (AvgIpc) is 3.41. The molecule has 1 saturated heterocycles. The number of piperazine rings is 1. The molecule has 1 saturated carbocycles. The molecule has 0 unspecified atom stereocenters. The SMILES string of the molecule is COc1cccc([C@@H](C)N2CCN(Cc3nnc(C4CC4)o3)CC2)c1. The summed E-state index contributed by atoms with van der Waals surface area (Å²) in [6.45, 7) is 7.17. The van der Waals surface area contributed by atoms with Gasteiger partial charge in [-0.1, -0.05) is 12.1 Å². The highest BCUT2D eigenvalue weighted by molar-refractivity contribution is 5.30. The fraction of sp³-hybridized carbons (Fsp3) is 0.579. The second-order valence-electron chi connectivity index (χ2n) is 7.07. The summed E-state index contributed by atoms with van der Waals surface area (Å²) in [5, 5.41) is 8.38. The van der Waals surface area contributed by atoms with E-state index in [1.165, 1.54) is 18.4 Å². The molecule has 4 rings (SSSR count). The molecule has 1 atom stereocenters. The zero-order chi connectivity index (χ0) is 17.2. The minimum Gasteiger partial charge on any atom is -0.497 e. The van der Waals surface area contributed by atoms with Gasteiger partial charge in [0.15, 0.2) is 0 Å². The van der Waals surface area contributed by atoms with Crippen molar-refractivity contribution in [2.24, 2.45) is 0 Å². The highest BCUT2D eigenvalue weighted by atomic mass is 16.5. The normalized spacial score (nSPS) is 20.6. The molecule has 0 spiro atoms. The van der Waals surface area contributed by atoms with E-state index in [9.17, 15) is 0 Å². The lowest BCUT2D eigenvalue weighted by atomic mass is 10.1. The molecule has 0 amide bonds. The summed E-state index contributed by atoms with van der Waals surface area (Å²) in [6.07, 6.45) is 2.39. The van der Waals surface area contributed by atoms with E-state index in [-0.39, 0.29) is 0 Å². The molecule has 1 aliphatic heterocycles. The van der Waals surface area contributed by atoms with Gasteiger partial charge >= 0.3 is 0 Å². The van der Waals surface area contributed by atoms with Crippen molar-refractivity contribution in [1.82, 2.24) is 20.0 Å². The van der Waals surface area contributed by atoms with E-state index in [1.54, 1.807) is 7.11 Å². The van der Waals surface area contributed by atoms with Crippen LogP contribution in [0.1, 0.15) is 49.1 Å². The third-order valence-electron chi connectivity index (χ3n) is 5.30. The first-order chi connectivity index (χ1) is 12.2. The van der Waals surface area contributed by atoms with E-state index in [0.717, 1.165) is 50.3 Å². The molecule has 2 aliphatic rings. The van der Waals surface area contributed by atoms with Crippen molar-refractivity contribution in [3.8, 4) is 5.75 Å². The Morgan fingerprint density at radius 3 is 2.72 bits per heavy atom. The van der Waals surface area contributed by atoms with Crippen molar-refractivity contribution in [3.63, 3.8) is 0 Å². The Morgan fingerprint density at radius 2 is 2.00 bits per heavy atom. The zero-order valence-electron chi connectivity index (χ0n) is 15.0. The molecule has 6 nitrogen and oxygen atoms in total. The van der Waals surface area contributed by atoms with Crippen molar-refractivity contribution in [3.05, 3.63) is 41.6 Å². The molecule has 1 aromatic heterocycles. The summed E-state index contributed by atoms with van der Waals surface area (Å²) in [5.41, 5.74) is 1.30. The topological polar surface area (TPSA) is 54.6 Å². The third kappa shape index (κ3) is 3.85. The Kier molecular flexibility index (Phi) is 4.72. The largest absolute Gasteiger partial charge is 0.497 e. The maximum absolute atomic E-state index is 5.79. The zero-order valence-corrected chi connectivity index (χ0v) is 15.0. The highest BCUT2D eigenvalue weighted by Gasteiger charge is 2.30. The lowest BCUT2D eigenvalue weighted by Crippen LogP contribution is -2.46. The van der Waals surface area contributed by atoms with Gasteiger partial charge in [-0.3, -0.25) is 9.80 Å². The standard InChI is InChI=1S/C19H26N4O2/c1-14(16-4-3-5-17(12-16)24-2)23-10-8-22(9-11-23)13-18-20-21-19(25-18)15-6-7-15/h3-5,12,14-15H,6-11,13H2,1-2H3/t14-/m1/s1. The lowest BCUT2D eigenvalue weighted by Gasteiger charge is -2.37. The molecular formula is C19H26N4O2. The van der Waals surface area contributed by atoms with Crippen LogP contribution in [0, 0.1) is 0 Å². The van der Waals surface area contributed by atoms with Gasteiger partial charge in [0.2, 0.25) is 11.8 Å². The molecule has 1 aliphatic carbocycles. The van der Waals surface area contributed by atoms with Crippen molar-refractivity contribution in [2.75, 3.05) is 33.3 Å². The van der Waals surface area contributed by atoms with Crippen LogP contribution >= 0.6 is 0 Å². The minimum absolute atomic E-state index is 0.391. The molecule has 2 fully saturated rings. The number of aromatic nitrogens is 2. The van der Waals surface area contributed by atoms with Crippen LogP contribution in [0.5, 0.6) is 5.75 Å². The number of rotatable bonds is 6. The van der Waals surface area contributed by atoms with Gasteiger partial charge in [-0.25, -0.2) is 0 Å². The molecule has 1 aromatic carbocycles. The lowest BCUT2D eigenvalue weighted by molar-refractivity contribution is 0.0917. The Labute approximate surface area is 148 Å². The Hall–Kier alpha value is -1.92. The predicted octanol–water partition coefficient (Wildman–Crippen LogP) is 2.83. The summed E-state index contributed by atoms with van der Waals surface area (Å²) in [7, 11) is 1.72. The maximum atomic E-state index is 5.79.